The molecule has 32 heavy (non-hydrogen) atoms. The van der Waals surface area contributed by atoms with Gasteiger partial charge >= 0.3 is 6.03 Å². The zero-order valence-corrected chi connectivity index (χ0v) is 18.3. The molecule has 1 aromatic carbocycles. The highest BCUT2D eigenvalue weighted by Crippen LogP contribution is 2.24. The molecule has 1 aliphatic carbocycles. The van der Waals surface area contributed by atoms with Gasteiger partial charge in [-0.25, -0.2) is 9.78 Å². The zero-order chi connectivity index (χ0) is 22.3. The number of nitrogens with two attached hydrogens (primary N) is 1. The molecule has 2 heterocycles. The number of nitrogens with one attached hydrogen (secondary N) is 3. The van der Waals surface area contributed by atoms with Crippen LogP contribution in [0.15, 0.2) is 48.7 Å². The lowest BCUT2D eigenvalue weighted by Gasteiger charge is -2.40. The Morgan fingerprint density at radius 1 is 0.969 bits per heavy atom. The predicted octanol–water partition coefficient (Wildman–Crippen LogP) is 2.87. The molecule has 3 amide bonds. The molecule has 3 unspecified atom stereocenters. The molecule has 0 bridgehead atoms. The van der Waals surface area contributed by atoms with Gasteiger partial charge in [-0.3, -0.25) is 4.79 Å². The Labute approximate surface area is 189 Å². The molecule has 170 valence electrons. The third-order valence-corrected chi connectivity index (χ3v) is 6.34. The summed E-state index contributed by atoms with van der Waals surface area (Å²) in [6.07, 6.45) is 8.01. The number of rotatable bonds is 6. The van der Waals surface area contributed by atoms with Crippen LogP contribution in [0.3, 0.4) is 0 Å². The highest BCUT2D eigenvalue weighted by molar-refractivity contribution is 5.97. The second-order valence-corrected chi connectivity index (χ2v) is 8.65. The molecule has 0 spiro atoms. The van der Waals surface area contributed by atoms with Gasteiger partial charge in [0, 0.05) is 43.1 Å². The SMILES string of the molecule is NC(=O)c1cccnc1N1CCCC(NC2CCCCC2NC(=O)Nc2ccccc2)C1. The molecule has 1 saturated carbocycles. The van der Waals surface area contributed by atoms with Crippen molar-refractivity contribution in [3.8, 4) is 0 Å². The van der Waals surface area contributed by atoms with Crippen LogP contribution in [0.2, 0.25) is 0 Å². The maximum absolute atomic E-state index is 12.5. The van der Waals surface area contributed by atoms with Gasteiger partial charge in [0.1, 0.15) is 5.82 Å². The molecule has 4 rings (SSSR count). The summed E-state index contributed by atoms with van der Waals surface area (Å²) >= 11 is 0. The number of anilines is 2. The van der Waals surface area contributed by atoms with Gasteiger partial charge in [-0.15, -0.1) is 0 Å². The number of nitrogens with zero attached hydrogens (tertiary/aromatic N) is 2. The van der Waals surface area contributed by atoms with Gasteiger partial charge in [0.2, 0.25) is 0 Å². The van der Waals surface area contributed by atoms with Crippen molar-refractivity contribution in [2.24, 2.45) is 5.73 Å². The number of pyridine rings is 1. The number of piperidine rings is 1. The summed E-state index contributed by atoms with van der Waals surface area (Å²) in [6.45, 7) is 1.61. The second-order valence-electron chi connectivity index (χ2n) is 8.65. The number of para-hydroxylation sites is 1. The molecule has 1 aromatic heterocycles. The summed E-state index contributed by atoms with van der Waals surface area (Å²) in [5, 5.41) is 9.89. The van der Waals surface area contributed by atoms with Gasteiger partial charge < -0.3 is 26.6 Å². The fourth-order valence-corrected chi connectivity index (χ4v) is 4.81. The van der Waals surface area contributed by atoms with Gasteiger partial charge in [-0.2, -0.15) is 0 Å². The quantitative estimate of drug-likeness (QED) is 0.556. The van der Waals surface area contributed by atoms with Crippen molar-refractivity contribution in [1.29, 1.82) is 0 Å². The van der Waals surface area contributed by atoms with E-state index in [-0.39, 0.29) is 24.2 Å². The number of primary amides is 1. The summed E-state index contributed by atoms with van der Waals surface area (Å²) in [5.74, 6) is 0.205. The molecule has 8 heteroatoms. The first kappa shape index (κ1) is 22.1. The molecule has 1 aliphatic heterocycles. The Hall–Kier alpha value is -3.13. The maximum Gasteiger partial charge on any atom is 0.319 e. The summed E-state index contributed by atoms with van der Waals surface area (Å²) in [4.78, 5) is 31.0. The lowest BCUT2D eigenvalue weighted by molar-refractivity contribution is 0.1000. The Bertz CT molecular complexity index is 922. The van der Waals surface area contributed by atoms with Crippen molar-refractivity contribution >= 4 is 23.4 Å². The number of hydrogen-bond acceptors (Lipinski definition) is 5. The Kier molecular flexibility index (Phi) is 7.21. The molecule has 2 fully saturated rings. The first-order chi connectivity index (χ1) is 15.6. The molecule has 3 atom stereocenters. The average molecular weight is 437 g/mol. The van der Waals surface area contributed by atoms with Crippen molar-refractivity contribution in [2.75, 3.05) is 23.3 Å². The van der Waals surface area contributed by atoms with Crippen LogP contribution >= 0.6 is 0 Å². The molecule has 5 N–H and O–H groups in total. The standard InChI is InChI=1S/C24H32N6O2/c25-22(31)19-11-6-14-26-23(19)30-15-7-10-18(16-30)27-20-12-4-5-13-21(20)29-24(32)28-17-8-2-1-3-9-17/h1-3,6,8-9,11,14,18,20-21,27H,4-5,7,10,12-13,15-16H2,(H2,25,31)(H2,28,29,32). The minimum atomic E-state index is -0.454. The second kappa shape index (κ2) is 10.5. The number of benzene rings is 1. The van der Waals surface area contributed by atoms with Crippen molar-refractivity contribution < 1.29 is 9.59 Å². The van der Waals surface area contributed by atoms with Crippen molar-refractivity contribution in [2.45, 2.75) is 56.7 Å². The number of carbonyl (C=O) groups excluding carboxylic acids is 2. The summed E-state index contributed by atoms with van der Waals surface area (Å²) in [7, 11) is 0. The lowest BCUT2D eigenvalue weighted by Crippen LogP contribution is -2.58. The van der Waals surface area contributed by atoms with Crippen molar-refractivity contribution in [3.63, 3.8) is 0 Å². The number of carbonyl (C=O) groups is 2. The van der Waals surface area contributed by atoms with Crippen molar-refractivity contribution in [3.05, 3.63) is 54.2 Å². The highest BCUT2D eigenvalue weighted by atomic mass is 16.2. The fraction of sp³-hybridized carbons (Fsp3) is 0.458. The van der Waals surface area contributed by atoms with Gasteiger partial charge in [-0.1, -0.05) is 31.0 Å². The number of aromatic nitrogens is 1. The molecular weight excluding hydrogens is 404 g/mol. The summed E-state index contributed by atoms with van der Waals surface area (Å²) in [5.41, 5.74) is 6.80. The summed E-state index contributed by atoms with van der Waals surface area (Å²) in [6, 6.07) is 13.4. The van der Waals surface area contributed by atoms with E-state index in [4.69, 9.17) is 5.73 Å². The van der Waals surface area contributed by atoms with Crippen molar-refractivity contribution in [1.82, 2.24) is 15.6 Å². The highest BCUT2D eigenvalue weighted by Gasteiger charge is 2.31. The minimum Gasteiger partial charge on any atom is -0.365 e. The Morgan fingerprint density at radius 2 is 1.75 bits per heavy atom. The van der Waals surface area contributed by atoms with Crippen LogP contribution in [0.1, 0.15) is 48.9 Å². The molecule has 8 nitrogen and oxygen atoms in total. The van der Waals surface area contributed by atoms with Gasteiger partial charge in [-0.05, 0) is 49.9 Å². The number of urea groups is 1. The molecule has 2 aromatic rings. The van der Waals surface area contributed by atoms with E-state index in [1.165, 1.54) is 0 Å². The van der Waals surface area contributed by atoms with E-state index < -0.39 is 5.91 Å². The Balaban J connectivity index is 1.37. The summed E-state index contributed by atoms with van der Waals surface area (Å²) < 4.78 is 0. The molecule has 2 aliphatic rings. The van der Waals surface area contributed by atoms with Crippen LogP contribution in [0.25, 0.3) is 0 Å². The zero-order valence-electron chi connectivity index (χ0n) is 18.3. The van der Waals surface area contributed by atoms with E-state index in [2.05, 4.69) is 25.8 Å². The van der Waals surface area contributed by atoms with Crippen LogP contribution in [0, 0.1) is 0 Å². The first-order valence-electron chi connectivity index (χ1n) is 11.5. The number of amides is 3. The van der Waals surface area contributed by atoms with Crippen LogP contribution in [-0.2, 0) is 0 Å². The van der Waals surface area contributed by atoms with E-state index in [1.807, 2.05) is 30.3 Å². The monoisotopic (exact) mass is 436 g/mol. The number of hydrogen-bond donors (Lipinski definition) is 4. The van der Waals surface area contributed by atoms with Crippen LogP contribution in [0.4, 0.5) is 16.3 Å². The van der Waals surface area contributed by atoms with Crippen LogP contribution < -0.4 is 26.6 Å². The van der Waals surface area contributed by atoms with Crippen LogP contribution in [0.5, 0.6) is 0 Å². The van der Waals surface area contributed by atoms with Gasteiger partial charge in [0.15, 0.2) is 0 Å². The normalized spacial score (nSPS) is 23.4. The van der Waals surface area contributed by atoms with E-state index in [1.54, 1.807) is 18.3 Å². The molecule has 0 radical (unpaired) electrons. The lowest BCUT2D eigenvalue weighted by atomic mass is 9.89. The van der Waals surface area contributed by atoms with E-state index >= 15 is 0 Å². The predicted molar refractivity (Wildman–Crippen MR) is 126 cm³/mol. The minimum absolute atomic E-state index is 0.0823. The fourth-order valence-electron chi connectivity index (χ4n) is 4.81. The van der Waals surface area contributed by atoms with Gasteiger partial charge in [0.25, 0.3) is 5.91 Å². The van der Waals surface area contributed by atoms with Crippen LogP contribution in [-0.4, -0.2) is 48.1 Å². The Morgan fingerprint density at radius 3 is 2.53 bits per heavy atom. The maximum atomic E-state index is 12.5. The van der Waals surface area contributed by atoms with E-state index in [0.29, 0.717) is 11.4 Å². The topological polar surface area (TPSA) is 112 Å². The smallest absolute Gasteiger partial charge is 0.319 e. The average Bonchev–Trinajstić information content (AvgIpc) is 2.81. The largest absolute Gasteiger partial charge is 0.365 e. The first-order valence-corrected chi connectivity index (χ1v) is 11.5. The third-order valence-electron chi connectivity index (χ3n) is 6.34. The molecular formula is C24H32N6O2. The van der Waals surface area contributed by atoms with E-state index in [0.717, 1.165) is 57.3 Å². The van der Waals surface area contributed by atoms with Gasteiger partial charge in [0.05, 0.1) is 5.56 Å². The third kappa shape index (κ3) is 5.56. The van der Waals surface area contributed by atoms with E-state index in [9.17, 15) is 9.59 Å². The molecule has 1 saturated heterocycles.